The van der Waals surface area contributed by atoms with Gasteiger partial charge in [-0.25, -0.2) is 0 Å². The van der Waals surface area contributed by atoms with Crippen LogP contribution in [0.3, 0.4) is 0 Å². The molecule has 2 rings (SSSR count). The minimum Gasteiger partial charge on any atom is -0.314 e. The SMILES string of the molecule is CCC1CCC(NCCCN2CCN(C)CC2)CC1. The topological polar surface area (TPSA) is 18.5 Å². The van der Waals surface area contributed by atoms with E-state index in [9.17, 15) is 0 Å². The van der Waals surface area contributed by atoms with Crippen LogP contribution in [0.4, 0.5) is 0 Å². The number of hydrogen-bond donors (Lipinski definition) is 1. The van der Waals surface area contributed by atoms with Crippen LogP contribution in [0.2, 0.25) is 0 Å². The summed E-state index contributed by atoms with van der Waals surface area (Å²) in [5.74, 6) is 1.02. The van der Waals surface area contributed by atoms with Crippen molar-refractivity contribution in [1.29, 1.82) is 0 Å². The van der Waals surface area contributed by atoms with Crippen LogP contribution < -0.4 is 5.32 Å². The molecule has 1 saturated heterocycles. The first-order valence-electron chi connectivity index (χ1n) is 8.42. The summed E-state index contributed by atoms with van der Waals surface area (Å²) in [6.07, 6.45) is 8.42. The third-order valence-electron chi connectivity index (χ3n) is 5.10. The summed E-state index contributed by atoms with van der Waals surface area (Å²) in [5.41, 5.74) is 0. The van der Waals surface area contributed by atoms with Gasteiger partial charge < -0.3 is 15.1 Å². The second kappa shape index (κ2) is 8.23. The van der Waals surface area contributed by atoms with Gasteiger partial charge in [0.15, 0.2) is 0 Å². The minimum absolute atomic E-state index is 0.815. The number of rotatable bonds is 6. The van der Waals surface area contributed by atoms with Gasteiger partial charge in [-0.2, -0.15) is 0 Å². The van der Waals surface area contributed by atoms with Crippen molar-refractivity contribution in [2.24, 2.45) is 5.92 Å². The molecule has 1 aliphatic heterocycles. The smallest absolute Gasteiger partial charge is 0.0110 e. The minimum atomic E-state index is 0.815. The van der Waals surface area contributed by atoms with Crippen molar-refractivity contribution in [1.82, 2.24) is 15.1 Å². The lowest BCUT2D eigenvalue weighted by Crippen LogP contribution is -2.45. The van der Waals surface area contributed by atoms with E-state index in [0.717, 1.165) is 12.0 Å². The van der Waals surface area contributed by atoms with Crippen LogP contribution in [0.1, 0.15) is 45.4 Å². The van der Waals surface area contributed by atoms with Gasteiger partial charge in [-0.05, 0) is 58.2 Å². The van der Waals surface area contributed by atoms with E-state index in [2.05, 4.69) is 29.1 Å². The van der Waals surface area contributed by atoms with Crippen molar-refractivity contribution < 1.29 is 0 Å². The third-order valence-corrected chi connectivity index (χ3v) is 5.10. The lowest BCUT2D eigenvalue weighted by molar-refractivity contribution is 0.152. The number of nitrogens with zero attached hydrogens (tertiary/aromatic N) is 2. The van der Waals surface area contributed by atoms with Gasteiger partial charge in [0.2, 0.25) is 0 Å². The third kappa shape index (κ3) is 5.41. The Bertz CT molecular complexity index is 228. The lowest BCUT2D eigenvalue weighted by Gasteiger charge is -2.32. The normalized spacial score (nSPS) is 30.6. The zero-order valence-electron chi connectivity index (χ0n) is 13.0. The van der Waals surface area contributed by atoms with E-state index < -0.39 is 0 Å². The maximum Gasteiger partial charge on any atom is 0.0110 e. The lowest BCUT2D eigenvalue weighted by atomic mass is 9.84. The molecule has 1 heterocycles. The Morgan fingerprint density at radius 2 is 1.68 bits per heavy atom. The Hall–Kier alpha value is -0.120. The fourth-order valence-corrected chi connectivity index (χ4v) is 3.46. The molecule has 112 valence electrons. The summed E-state index contributed by atoms with van der Waals surface area (Å²) in [6.45, 7) is 9.85. The second-order valence-electron chi connectivity index (χ2n) is 6.58. The number of nitrogens with one attached hydrogen (secondary N) is 1. The number of piperazine rings is 1. The molecule has 1 N–H and O–H groups in total. The predicted molar refractivity (Wildman–Crippen MR) is 82.6 cm³/mol. The molecule has 0 radical (unpaired) electrons. The molecule has 0 aromatic rings. The Morgan fingerprint density at radius 3 is 2.32 bits per heavy atom. The van der Waals surface area contributed by atoms with Crippen molar-refractivity contribution in [2.75, 3.05) is 46.3 Å². The van der Waals surface area contributed by atoms with E-state index in [1.807, 2.05) is 0 Å². The quantitative estimate of drug-likeness (QED) is 0.744. The average Bonchev–Trinajstić information content (AvgIpc) is 2.46. The van der Waals surface area contributed by atoms with Gasteiger partial charge in [0, 0.05) is 32.2 Å². The molecule has 3 nitrogen and oxygen atoms in total. The first-order valence-corrected chi connectivity index (χ1v) is 8.42. The molecular formula is C16H33N3. The predicted octanol–water partition coefficient (Wildman–Crippen LogP) is 2.18. The van der Waals surface area contributed by atoms with Crippen molar-refractivity contribution in [3.05, 3.63) is 0 Å². The van der Waals surface area contributed by atoms with Gasteiger partial charge >= 0.3 is 0 Å². The largest absolute Gasteiger partial charge is 0.314 e. The molecule has 0 unspecified atom stereocenters. The first-order chi connectivity index (χ1) is 9.28. The monoisotopic (exact) mass is 267 g/mol. The fraction of sp³-hybridized carbons (Fsp3) is 1.00. The van der Waals surface area contributed by atoms with Gasteiger partial charge in [-0.1, -0.05) is 13.3 Å². The van der Waals surface area contributed by atoms with E-state index in [0.29, 0.717) is 0 Å². The molecule has 19 heavy (non-hydrogen) atoms. The van der Waals surface area contributed by atoms with E-state index in [1.54, 1.807) is 0 Å². The van der Waals surface area contributed by atoms with Crippen LogP contribution in [-0.4, -0.2) is 62.2 Å². The summed E-state index contributed by atoms with van der Waals surface area (Å²) in [6, 6.07) is 0.815. The molecule has 0 atom stereocenters. The molecule has 1 saturated carbocycles. The van der Waals surface area contributed by atoms with Crippen molar-refractivity contribution >= 4 is 0 Å². The van der Waals surface area contributed by atoms with Crippen molar-refractivity contribution in [3.8, 4) is 0 Å². The van der Waals surface area contributed by atoms with E-state index in [1.165, 1.54) is 77.8 Å². The highest BCUT2D eigenvalue weighted by atomic mass is 15.2. The molecule has 0 spiro atoms. The van der Waals surface area contributed by atoms with Crippen LogP contribution in [0.5, 0.6) is 0 Å². The Labute approximate surface area is 119 Å². The number of likely N-dealkylation sites (N-methyl/N-ethyl adjacent to an activating group) is 1. The van der Waals surface area contributed by atoms with Gasteiger partial charge in [0.1, 0.15) is 0 Å². The Balaban J connectivity index is 1.48. The van der Waals surface area contributed by atoms with Crippen molar-refractivity contribution in [2.45, 2.75) is 51.5 Å². The molecule has 0 aromatic heterocycles. The van der Waals surface area contributed by atoms with Gasteiger partial charge in [-0.15, -0.1) is 0 Å². The zero-order chi connectivity index (χ0) is 13.5. The summed E-state index contributed by atoms with van der Waals surface area (Å²) < 4.78 is 0. The molecule has 2 aliphatic rings. The molecule has 0 aromatic carbocycles. The van der Waals surface area contributed by atoms with Crippen LogP contribution in [0.25, 0.3) is 0 Å². The summed E-state index contributed by atoms with van der Waals surface area (Å²) in [7, 11) is 2.23. The van der Waals surface area contributed by atoms with Crippen LogP contribution in [0, 0.1) is 5.92 Å². The highest BCUT2D eigenvalue weighted by molar-refractivity contribution is 4.77. The average molecular weight is 267 g/mol. The molecular weight excluding hydrogens is 234 g/mol. The molecule has 2 fully saturated rings. The maximum absolute atomic E-state index is 3.78. The van der Waals surface area contributed by atoms with Crippen LogP contribution >= 0.6 is 0 Å². The molecule has 1 aliphatic carbocycles. The maximum atomic E-state index is 3.78. The summed E-state index contributed by atoms with van der Waals surface area (Å²) in [5, 5.41) is 3.78. The van der Waals surface area contributed by atoms with Crippen LogP contribution in [-0.2, 0) is 0 Å². The first kappa shape index (κ1) is 15.3. The van der Waals surface area contributed by atoms with Crippen LogP contribution in [0.15, 0.2) is 0 Å². The Kier molecular flexibility index (Phi) is 6.62. The van der Waals surface area contributed by atoms with Gasteiger partial charge in [0.25, 0.3) is 0 Å². The van der Waals surface area contributed by atoms with E-state index in [4.69, 9.17) is 0 Å². The fourth-order valence-electron chi connectivity index (χ4n) is 3.46. The van der Waals surface area contributed by atoms with Gasteiger partial charge in [-0.3, -0.25) is 0 Å². The number of hydrogen-bond acceptors (Lipinski definition) is 3. The summed E-state index contributed by atoms with van der Waals surface area (Å²) >= 11 is 0. The molecule has 0 bridgehead atoms. The molecule has 0 amide bonds. The molecule has 3 heteroatoms. The highest BCUT2D eigenvalue weighted by Crippen LogP contribution is 2.26. The Morgan fingerprint density at radius 1 is 1.00 bits per heavy atom. The zero-order valence-corrected chi connectivity index (χ0v) is 13.0. The van der Waals surface area contributed by atoms with Crippen molar-refractivity contribution in [3.63, 3.8) is 0 Å². The van der Waals surface area contributed by atoms with E-state index in [-0.39, 0.29) is 0 Å². The summed E-state index contributed by atoms with van der Waals surface area (Å²) in [4.78, 5) is 5.05. The highest BCUT2D eigenvalue weighted by Gasteiger charge is 2.19. The second-order valence-corrected chi connectivity index (χ2v) is 6.58. The van der Waals surface area contributed by atoms with Gasteiger partial charge in [0.05, 0.1) is 0 Å². The van der Waals surface area contributed by atoms with E-state index >= 15 is 0 Å². The standard InChI is InChI=1S/C16H33N3/c1-3-15-5-7-16(8-6-15)17-9-4-10-19-13-11-18(2)12-14-19/h15-17H,3-14H2,1-2H3.